The third-order valence-electron chi connectivity index (χ3n) is 4.43. The quantitative estimate of drug-likeness (QED) is 0.707. The summed E-state index contributed by atoms with van der Waals surface area (Å²) in [5.41, 5.74) is 1.06. The number of hydrogen-bond acceptors (Lipinski definition) is 6. The lowest BCUT2D eigenvalue weighted by Crippen LogP contribution is -2.53. The minimum absolute atomic E-state index is 0.0315. The van der Waals surface area contributed by atoms with Gasteiger partial charge in [0.2, 0.25) is 0 Å². The number of hydrogen-bond donors (Lipinski definition) is 0. The molecular weight excluding hydrogens is 324 g/mol. The number of benzene rings is 1. The predicted molar refractivity (Wildman–Crippen MR) is 93.2 cm³/mol. The fraction of sp³-hybridized carbons (Fsp3) is 0.611. The van der Waals surface area contributed by atoms with Gasteiger partial charge in [-0.05, 0) is 12.1 Å². The zero-order valence-electron chi connectivity index (χ0n) is 14.7. The molecule has 25 heavy (non-hydrogen) atoms. The van der Waals surface area contributed by atoms with E-state index in [2.05, 4.69) is 11.0 Å². The maximum Gasteiger partial charge on any atom is 0.254 e. The van der Waals surface area contributed by atoms with Gasteiger partial charge >= 0.3 is 0 Å². The van der Waals surface area contributed by atoms with E-state index < -0.39 is 6.10 Å². The summed E-state index contributed by atoms with van der Waals surface area (Å²) in [6.45, 7) is 5.37. The lowest BCUT2D eigenvalue weighted by Gasteiger charge is -2.38. The summed E-state index contributed by atoms with van der Waals surface area (Å²) in [5.74, 6) is 0.882. The van der Waals surface area contributed by atoms with Gasteiger partial charge in [-0.25, -0.2) is 0 Å². The number of ether oxygens (including phenoxy) is 4. The number of carbonyl (C=O) groups is 1. The molecule has 0 spiro atoms. The van der Waals surface area contributed by atoms with Crippen LogP contribution >= 0.6 is 0 Å². The summed E-state index contributed by atoms with van der Waals surface area (Å²) in [6, 6.07) is 7.99. The third-order valence-corrected chi connectivity index (χ3v) is 4.43. The van der Waals surface area contributed by atoms with Crippen LogP contribution in [0, 0.1) is 0 Å². The van der Waals surface area contributed by atoms with Gasteiger partial charge in [0.05, 0.1) is 32.1 Å². The minimum atomic E-state index is -0.454. The molecule has 2 saturated heterocycles. The molecule has 3 rings (SSSR count). The van der Waals surface area contributed by atoms with Crippen LogP contribution in [0.5, 0.6) is 5.75 Å². The maximum absolute atomic E-state index is 12.5. The van der Waals surface area contributed by atoms with E-state index in [0.717, 1.165) is 24.5 Å². The van der Waals surface area contributed by atoms with Crippen LogP contribution in [-0.4, -0.2) is 83.2 Å². The number of carbonyl (C=O) groups excluding carboxylic acids is 1. The molecule has 2 heterocycles. The number of para-hydroxylation sites is 2. The van der Waals surface area contributed by atoms with Crippen LogP contribution in [-0.2, 0) is 19.0 Å². The topological polar surface area (TPSA) is 60.5 Å². The molecule has 0 aliphatic carbocycles. The molecule has 0 saturated carbocycles. The predicted octanol–water partition coefficient (Wildman–Crippen LogP) is 0.776. The third kappa shape index (κ3) is 4.62. The molecule has 0 radical (unpaired) electrons. The van der Waals surface area contributed by atoms with Crippen LogP contribution in [0.1, 0.15) is 0 Å². The second-order valence-corrected chi connectivity index (χ2v) is 6.06. The zero-order valence-corrected chi connectivity index (χ0v) is 14.7. The highest BCUT2D eigenvalue weighted by Crippen LogP contribution is 2.29. The first-order valence-electron chi connectivity index (χ1n) is 8.73. The van der Waals surface area contributed by atoms with Gasteiger partial charge < -0.3 is 28.7 Å². The van der Waals surface area contributed by atoms with Crippen molar-refractivity contribution in [1.82, 2.24) is 4.90 Å². The molecule has 1 unspecified atom stereocenters. The van der Waals surface area contributed by atoms with E-state index in [-0.39, 0.29) is 5.91 Å². The van der Waals surface area contributed by atoms with Crippen molar-refractivity contribution in [3.05, 3.63) is 24.3 Å². The molecule has 138 valence electrons. The van der Waals surface area contributed by atoms with Crippen LogP contribution in [0.25, 0.3) is 0 Å². The van der Waals surface area contributed by atoms with Crippen molar-refractivity contribution in [2.45, 2.75) is 6.10 Å². The number of amides is 1. The van der Waals surface area contributed by atoms with E-state index in [0.29, 0.717) is 46.1 Å². The van der Waals surface area contributed by atoms with Crippen molar-refractivity contribution in [2.75, 3.05) is 71.2 Å². The molecule has 1 aromatic carbocycles. The van der Waals surface area contributed by atoms with Crippen molar-refractivity contribution in [3.8, 4) is 5.75 Å². The van der Waals surface area contributed by atoms with E-state index in [4.69, 9.17) is 18.9 Å². The van der Waals surface area contributed by atoms with Gasteiger partial charge in [-0.2, -0.15) is 0 Å². The molecule has 0 bridgehead atoms. The number of methoxy groups -OCH3 is 1. The number of rotatable bonds is 6. The molecule has 2 aliphatic heterocycles. The Labute approximate surface area is 148 Å². The van der Waals surface area contributed by atoms with E-state index in [1.807, 2.05) is 23.1 Å². The monoisotopic (exact) mass is 350 g/mol. The first-order chi connectivity index (χ1) is 12.3. The Kier molecular flexibility index (Phi) is 6.49. The molecule has 7 heteroatoms. The molecule has 2 fully saturated rings. The van der Waals surface area contributed by atoms with Crippen LogP contribution < -0.4 is 9.64 Å². The highest BCUT2D eigenvalue weighted by Gasteiger charge is 2.30. The zero-order chi connectivity index (χ0) is 17.5. The second-order valence-electron chi connectivity index (χ2n) is 6.06. The minimum Gasteiger partial charge on any atom is -0.489 e. The van der Waals surface area contributed by atoms with Gasteiger partial charge in [-0.15, -0.1) is 0 Å². The van der Waals surface area contributed by atoms with Crippen LogP contribution in [0.4, 0.5) is 5.69 Å². The lowest BCUT2D eigenvalue weighted by atomic mass is 10.2. The van der Waals surface area contributed by atoms with Crippen LogP contribution in [0.15, 0.2) is 24.3 Å². The molecule has 2 aliphatic rings. The van der Waals surface area contributed by atoms with Crippen LogP contribution in [0.2, 0.25) is 0 Å². The van der Waals surface area contributed by atoms with Crippen LogP contribution in [0.3, 0.4) is 0 Å². The van der Waals surface area contributed by atoms with E-state index in [9.17, 15) is 4.79 Å². The Morgan fingerprint density at radius 2 is 1.96 bits per heavy atom. The first kappa shape index (κ1) is 18.0. The van der Waals surface area contributed by atoms with Crippen molar-refractivity contribution in [3.63, 3.8) is 0 Å². The van der Waals surface area contributed by atoms with E-state index in [1.54, 1.807) is 7.11 Å². The molecule has 7 nitrogen and oxygen atoms in total. The Hall–Kier alpha value is -1.83. The molecule has 1 atom stereocenters. The Bertz CT molecular complexity index is 554. The maximum atomic E-state index is 12.5. The van der Waals surface area contributed by atoms with Crippen molar-refractivity contribution < 1.29 is 23.7 Å². The van der Waals surface area contributed by atoms with Gasteiger partial charge in [0.1, 0.15) is 12.4 Å². The molecule has 0 aromatic heterocycles. The first-order valence-corrected chi connectivity index (χ1v) is 8.73. The fourth-order valence-corrected chi connectivity index (χ4v) is 3.08. The summed E-state index contributed by atoms with van der Waals surface area (Å²) in [5, 5.41) is 0. The average Bonchev–Trinajstić information content (AvgIpc) is 2.69. The second kappa shape index (κ2) is 9.03. The van der Waals surface area contributed by atoms with E-state index >= 15 is 0 Å². The van der Waals surface area contributed by atoms with Gasteiger partial charge in [-0.3, -0.25) is 4.79 Å². The van der Waals surface area contributed by atoms with Gasteiger partial charge in [0, 0.05) is 33.3 Å². The summed E-state index contributed by atoms with van der Waals surface area (Å²) in [6.07, 6.45) is -0.454. The smallest absolute Gasteiger partial charge is 0.254 e. The van der Waals surface area contributed by atoms with Gasteiger partial charge in [0.15, 0.2) is 6.10 Å². The van der Waals surface area contributed by atoms with E-state index in [1.165, 1.54) is 0 Å². The lowest BCUT2D eigenvalue weighted by molar-refractivity contribution is -0.158. The molecule has 1 aromatic rings. The largest absolute Gasteiger partial charge is 0.489 e. The highest BCUT2D eigenvalue weighted by molar-refractivity contribution is 5.81. The van der Waals surface area contributed by atoms with Crippen molar-refractivity contribution in [2.24, 2.45) is 0 Å². The normalized spacial score (nSPS) is 21.2. The molecular formula is C18H26N2O5. The Morgan fingerprint density at radius 3 is 2.68 bits per heavy atom. The van der Waals surface area contributed by atoms with Gasteiger partial charge in [0.25, 0.3) is 5.91 Å². The SMILES string of the molecule is COCCOc1ccccc1N1CCN(C(=O)C2COCCO2)CC1. The Morgan fingerprint density at radius 1 is 1.16 bits per heavy atom. The standard InChI is InChI=1S/C18H26N2O5/c1-22-10-12-24-16-5-3-2-4-15(16)19-6-8-20(9-7-19)18(21)17-14-23-11-13-25-17/h2-5,17H,6-14H2,1H3. The molecule has 1 amide bonds. The van der Waals surface area contributed by atoms with Crippen molar-refractivity contribution in [1.29, 1.82) is 0 Å². The summed E-state index contributed by atoms with van der Waals surface area (Å²) >= 11 is 0. The highest BCUT2D eigenvalue weighted by atomic mass is 16.6. The summed E-state index contributed by atoms with van der Waals surface area (Å²) < 4.78 is 21.7. The molecule has 0 N–H and O–H groups in total. The number of nitrogens with zero attached hydrogens (tertiary/aromatic N) is 2. The van der Waals surface area contributed by atoms with Gasteiger partial charge in [-0.1, -0.05) is 12.1 Å². The van der Waals surface area contributed by atoms with Crippen molar-refractivity contribution >= 4 is 11.6 Å². The average molecular weight is 350 g/mol. The Balaban J connectivity index is 1.56. The fourth-order valence-electron chi connectivity index (χ4n) is 3.08. The summed E-state index contributed by atoms with van der Waals surface area (Å²) in [4.78, 5) is 16.6. The summed E-state index contributed by atoms with van der Waals surface area (Å²) in [7, 11) is 1.66. The number of anilines is 1. The number of piperazine rings is 1.